The van der Waals surface area contributed by atoms with Crippen LogP contribution in [0.3, 0.4) is 0 Å². The second-order valence-corrected chi connectivity index (χ2v) is 6.75. The minimum atomic E-state index is 0.359. The average molecular weight is 285 g/mol. The van der Waals surface area contributed by atoms with Crippen molar-refractivity contribution >= 4 is 11.0 Å². The lowest BCUT2D eigenvalue weighted by atomic mass is 9.73. The van der Waals surface area contributed by atoms with Crippen LogP contribution in [0.15, 0.2) is 34.7 Å². The third-order valence-corrected chi connectivity index (χ3v) is 5.29. The van der Waals surface area contributed by atoms with E-state index in [2.05, 4.69) is 50.4 Å². The molecule has 1 aliphatic rings. The van der Waals surface area contributed by atoms with Crippen molar-refractivity contribution in [3.63, 3.8) is 0 Å². The molecule has 1 N–H and O–H groups in total. The fourth-order valence-electron chi connectivity index (χ4n) is 3.77. The van der Waals surface area contributed by atoms with E-state index in [0.29, 0.717) is 12.0 Å². The van der Waals surface area contributed by atoms with E-state index in [1.807, 2.05) is 6.07 Å². The maximum absolute atomic E-state index is 6.14. The lowest BCUT2D eigenvalue weighted by molar-refractivity contribution is 0.162. The predicted octanol–water partition coefficient (Wildman–Crippen LogP) is 5.16. The lowest BCUT2D eigenvalue weighted by Gasteiger charge is -2.36. The number of nitrogens with one attached hydrogen (secondary N) is 1. The Bertz CT molecular complexity index is 555. The number of fused-ring (bicyclic) bond motifs is 1. The van der Waals surface area contributed by atoms with E-state index >= 15 is 0 Å². The van der Waals surface area contributed by atoms with E-state index < -0.39 is 0 Å². The summed E-state index contributed by atoms with van der Waals surface area (Å²) in [6.07, 6.45) is 3.95. The molecular weight excluding hydrogens is 258 g/mol. The molecule has 114 valence electrons. The molecule has 1 aromatic heterocycles. The highest BCUT2D eigenvalue weighted by Crippen LogP contribution is 2.40. The van der Waals surface area contributed by atoms with E-state index in [4.69, 9.17) is 4.42 Å². The van der Waals surface area contributed by atoms with Gasteiger partial charge in [0.25, 0.3) is 0 Å². The topological polar surface area (TPSA) is 25.2 Å². The molecule has 0 amide bonds. The van der Waals surface area contributed by atoms with Gasteiger partial charge in [0.1, 0.15) is 11.3 Å². The van der Waals surface area contributed by atoms with Gasteiger partial charge in [-0.3, -0.25) is 0 Å². The van der Waals surface area contributed by atoms with E-state index in [1.165, 1.54) is 24.6 Å². The van der Waals surface area contributed by atoms with Crippen LogP contribution < -0.4 is 5.32 Å². The Morgan fingerprint density at radius 1 is 1.19 bits per heavy atom. The van der Waals surface area contributed by atoms with Crippen LogP contribution in [0.5, 0.6) is 0 Å². The number of rotatable bonds is 4. The fourth-order valence-corrected chi connectivity index (χ4v) is 3.77. The van der Waals surface area contributed by atoms with Crippen molar-refractivity contribution in [2.75, 3.05) is 6.54 Å². The van der Waals surface area contributed by atoms with Crippen LogP contribution in [0, 0.1) is 17.8 Å². The molecule has 2 heteroatoms. The SMILES string of the molecule is CCNC(c1cc2ccccc2o1)C1CCC(C)C(C)C1. The summed E-state index contributed by atoms with van der Waals surface area (Å²) in [5.74, 6) is 3.48. The molecule has 0 bridgehead atoms. The molecule has 21 heavy (non-hydrogen) atoms. The maximum Gasteiger partial charge on any atom is 0.134 e. The van der Waals surface area contributed by atoms with Gasteiger partial charge in [-0.25, -0.2) is 0 Å². The molecule has 2 aromatic rings. The van der Waals surface area contributed by atoms with Crippen molar-refractivity contribution in [1.82, 2.24) is 5.32 Å². The van der Waals surface area contributed by atoms with Gasteiger partial charge in [0.2, 0.25) is 0 Å². The molecule has 4 atom stereocenters. The lowest BCUT2D eigenvalue weighted by Crippen LogP contribution is -2.33. The van der Waals surface area contributed by atoms with Crippen molar-refractivity contribution in [2.24, 2.45) is 17.8 Å². The van der Waals surface area contributed by atoms with Crippen molar-refractivity contribution in [3.8, 4) is 0 Å². The normalized spacial score (nSPS) is 27.9. The second-order valence-electron chi connectivity index (χ2n) is 6.75. The molecule has 0 aliphatic heterocycles. The van der Waals surface area contributed by atoms with E-state index in [9.17, 15) is 0 Å². The molecule has 1 saturated carbocycles. The van der Waals surface area contributed by atoms with Gasteiger partial charge in [0.05, 0.1) is 6.04 Å². The largest absolute Gasteiger partial charge is 0.459 e. The van der Waals surface area contributed by atoms with Crippen LogP contribution in [0.1, 0.15) is 51.8 Å². The minimum Gasteiger partial charge on any atom is -0.459 e. The highest BCUT2D eigenvalue weighted by Gasteiger charge is 2.32. The van der Waals surface area contributed by atoms with E-state index in [0.717, 1.165) is 29.7 Å². The molecule has 1 fully saturated rings. The van der Waals surface area contributed by atoms with Gasteiger partial charge in [-0.15, -0.1) is 0 Å². The quantitative estimate of drug-likeness (QED) is 0.839. The van der Waals surface area contributed by atoms with Gasteiger partial charge in [-0.2, -0.15) is 0 Å². The molecule has 1 aliphatic carbocycles. The summed E-state index contributed by atoms with van der Waals surface area (Å²) in [6.45, 7) is 7.97. The number of para-hydroxylation sites is 1. The maximum atomic E-state index is 6.14. The Labute approximate surface area is 127 Å². The summed E-state index contributed by atoms with van der Waals surface area (Å²) in [7, 11) is 0. The van der Waals surface area contributed by atoms with Gasteiger partial charge < -0.3 is 9.73 Å². The molecule has 0 radical (unpaired) electrons. The molecule has 1 aromatic carbocycles. The van der Waals surface area contributed by atoms with Crippen molar-refractivity contribution < 1.29 is 4.42 Å². The zero-order chi connectivity index (χ0) is 14.8. The van der Waals surface area contributed by atoms with Crippen LogP contribution in [0.2, 0.25) is 0 Å². The molecule has 3 rings (SSSR count). The predicted molar refractivity (Wildman–Crippen MR) is 88.3 cm³/mol. The third kappa shape index (κ3) is 3.01. The molecule has 4 unspecified atom stereocenters. The van der Waals surface area contributed by atoms with Gasteiger partial charge in [0.15, 0.2) is 0 Å². The molecular formula is C19H27NO. The first kappa shape index (κ1) is 14.6. The van der Waals surface area contributed by atoms with Gasteiger partial charge in [0, 0.05) is 5.39 Å². The van der Waals surface area contributed by atoms with Crippen LogP contribution in [0.25, 0.3) is 11.0 Å². The number of hydrogen-bond donors (Lipinski definition) is 1. The van der Waals surface area contributed by atoms with Gasteiger partial charge >= 0.3 is 0 Å². The van der Waals surface area contributed by atoms with Gasteiger partial charge in [-0.05, 0) is 49.3 Å². The number of hydrogen-bond acceptors (Lipinski definition) is 2. The third-order valence-electron chi connectivity index (χ3n) is 5.29. The van der Waals surface area contributed by atoms with Crippen molar-refractivity contribution in [2.45, 2.75) is 46.1 Å². The highest BCUT2D eigenvalue weighted by molar-refractivity contribution is 5.77. The molecule has 0 saturated heterocycles. The van der Waals surface area contributed by atoms with Crippen LogP contribution in [0.4, 0.5) is 0 Å². The Balaban J connectivity index is 1.86. The van der Waals surface area contributed by atoms with Crippen LogP contribution >= 0.6 is 0 Å². The monoisotopic (exact) mass is 285 g/mol. The summed E-state index contributed by atoms with van der Waals surface area (Å²) in [5.41, 5.74) is 1.01. The minimum absolute atomic E-state index is 0.359. The number of benzene rings is 1. The summed E-state index contributed by atoms with van der Waals surface area (Å²) < 4.78 is 6.14. The Morgan fingerprint density at radius 3 is 2.71 bits per heavy atom. The number of furan rings is 1. The van der Waals surface area contributed by atoms with Gasteiger partial charge in [-0.1, -0.05) is 45.4 Å². The summed E-state index contributed by atoms with van der Waals surface area (Å²) in [4.78, 5) is 0. The summed E-state index contributed by atoms with van der Waals surface area (Å²) in [6, 6.07) is 10.9. The zero-order valence-electron chi connectivity index (χ0n) is 13.4. The first-order valence-corrected chi connectivity index (χ1v) is 8.41. The first-order chi connectivity index (χ1) is 10.2. The second kappa shape index (κ2) is 6.23. The zero-order valence-corrected chi connectivity index (χ0v) is 13.4. The van der Waals surface area contributed by atoms with E-state index in [1.54, 1.807) is 0 Å². The highest BCUT2D eigenvalue weighted by atomic mass is 16.3. The van der Waals surface area contributed by atoms with Crippen molar-refractivity contribution in [1.29, 1.82) is 0 Å². The fraction of sp³-hybridized carbons (Fsp3) is 0.579. The Hall–Kier alpha value is -1.28. The molecule has 1 heterocycles. The van der Waals surface area contributed by atoms with E-state index in [-0.39, 0.29) is 0 Å². The first-order valence-electron chi connectivity index (χ1n) is 8.41. The molecule has 2 nitrogen and oxygen atoms in total. The van der Waals surface area contributed by atoms with Crippen LogP contribution in [-0.4, -0.2) is 6.54 Å². The summed E-state index contributed by atoms with van der Waals surface area (Å²) in [5, 5.41) is 4.89. The Morgan fingerprint density at radius 2 is 2.00 bits per heavy atom. The van der Waals surface area contributed by atoms with Crippen molar-refractivity contribution in [3.05, 3.63) is 36.1 Å². The van der Waals surface area contributed by atoms with Crippen LogP contribution in [-0.2, 0) is 0 Å². The average Bonchev–Trinajstić information content (AvgIpc) is 2.91. The summed E-state index contributed by atoms with van der Waals surface area (Å²) >= 11 is 0. The Kier molecular flexibility index (Phi) is 4.34. The standard InChI is InChI=1S/C19H27NO/c1-4-20-19(16-10-9-13(2)14(3)11-16)18-12-15-7-5-6-8-17(15)21-18/h5-8,12-14,16,19-20H,4,9-11H2,1-3H3. The molecule has 0 spiro atoms. The smallest absolute Gasteiger partial charge is 0.134 e.